The van der Waals surface area contributed by atoms with Gasteiger partial charge in [-0.15, -0.1) is 0 Å². The van der Waals surface area contributed by atoms with Crippen molar-refractivity contribution in [1.29, 1.82) is 0 Å². The van der Waals surface area contributed by atoms with Gasteiger partial charge in [0.1, 0.15) is 0 Å². The number of carbonyl (C=O) groups is 1. The third-order valence-electron chi connectivity index (χ3n) is 1.75. The lowest BCUT2D eigenvalue weighted by molar-refractivity contribution is 0.0920. The maximum absolute atomic E-state index is 13.3. The van der Waals surface area contributed by atoms with E-state index in [1.54, 1.807) is 0 Å². The molecule has 82 valence electrons. The molecule has 5 heteroatoms. The second-order valence-corrected chi connectivity index (χ2v) is 3.57. The number of rotatable bonds is 3. The monoisotopic (exact) mass is 231 g/mol. The molecule has 0 radical (unpaired) electrons. The second kappa shape index (κ2) is 5.09. The number of aliphatic hydroxyl groups is 1. The third kappa shape index (κ3) is 3.18. The number of carbonyl (C=O) groups excluding carboxylic acids is 1. The van der Waals surface area contributed by atoms with Crippen LogP contribution >= 0.6 is 11.6 Å². The van der Waals surface area contributed by atoms with Gasteiger partial charge in [-0.1, -0.05) is 17.7 Å². The minimum atomic E-state index is -0.748. The highest BCUT2D eigenvalue weighted by Crippen LogP contribution is 2.17. The summed E-state index contributed by atoms with van der Waals surface area (Å²) in [4.78, 5) is 11.4. The molecular formula is C10H11ClFNO2. The number of aliphatic hydroxyl groups excluding tert-OH is 1. The Morgan fingerprint density at radius 2 is 2.33 bits per heavy atom. The predicted octanol–water partition coefficient (Wildman–Crippen LogP) is 1.59. The number of benzene rings is 1. The van der Waals surface area contributed by atoms with Crippen molar-refractivity contribution in [1.82, 2.24) is 5.32 Å². The molecule has 1 atom stereocenters. The first kappa shape index (κ1) is 11.9. The summed E-state index contributed by atoms with van der Waals surface area (Å²) in [5.74, 6) is -1.34. The van der Waals surface area contributed by atoms with E-state index in [0.29, 0.717) is 0 Å². The van der Waals surface area contributed by atoms with Crippen LogP contribution < -0.4 is 5.32 Å². The standard InChI is InChI=1S/C10H11ClFNO2/c1-6(14)5-13-10(15)7-3-2-4-8(11)9(7)12/h2-4,6,14H,5H2,1H3,(H,13,15)/t6-/m1/s1. The van der Waals surface area contributed by atoms with Crippen LogP contribution in [0.4, 0.5) is 4.39 Å². The summed E-state index contributed by atoms with van der Waals surface area (Å²) >= 11 is 5.52. The van der Waals surface area contributed by atoms with Gasteiger partial charge in [-0.3, -0.25) is 4.79 Å². The third-order valence-corrected chi connectivity index (χ3v) is 2.05. The Kier molecular flexibility index (Phi) is 4.05. The molecule has 0 saturated heterocycles. The van der Waals surface area contributed by atoms with Crippen LogP contribution in [-0.4, -0.2) is 23.7 Å². The van der Waals surface area contributed by atoms with Gasteiger partial charge in [0, 0.05) is 6.54 Å². The molecule has 0 aliphatic heterocycles. The lowest BCUT2D eigenvalue weighted by Gasteiger charge is -2.08. The molecule has 1 aromatic carbocycles. The Bertz CT molecular complexity index is 368. The number of hydrogen-bond acceptors (Lipinski definition) is 2. The van der Waals surface area contributed by atoms with E-state index in [-0.39, 0.29) is 17.1 Å². The van der Waals surface area contributed by atoms with Gasteiger partial charge in [0.15, 0.2) is 5.82 Å². The van der Waals surface area contributed by atoms with Crippen LogP contribution in [0.1, 0.15) is 17.3 Å². The van der Waals surface area contributed by atoms with Crippen LogP contribution in [0, 0.1) is 5.82 Å². The summed E-state index contributed by atoms with van der Waals surface area (Å²) in [5, 5.41) is 11.2. The van der Waals surface area contributed by atoms with Gasteiger partial charge in [0.25, 0.3) is 5.91 Å². The molecule has 1 aromatic rings. The summed E-state index contributed by atoms with van der Waals surface area (Å²) in [5.41, 5.74) is -0.122. The van der Waals surface area contributed by atoms with Crippen LogP contribution in [0.3, 0.4) is 0 Å². The quantitative estimate of drug-likeness (QED) is 0.830. The van der Waals surface area contributed by atoms with Gasteiger partial charge in [-0.2, -0.15) is 0 Å². The second-order valence-electron chi connectivity index (χ2n) is 3.16. The fourth-order valence-corrected chi connectivity index (χ4v) is 1.19. The summed E-state index contributed by atoms with van der Waals surface area (Å²) in [6.07, 6.45) is -0.670. The summed E-state index contributed by atoms with van der Waals surface area (Å²) < 4.78 is 13.3. The van der Waals surface area contributed by atoms with Gasteiger partial charge in [0.05, 0.1) is 16.7 Å². The largest absolute Gasteiger partial charge is 0.392 e. The van der Waals surface area contributed by atoms with E-state index in [4.69, 9.17) is 16.7 Å². The summed E-state index contributed by atoms with van der Waals surface area (Å²) in [6, 6.07) is 4.18. The van der Waals surface area contributed by atoms with Gasteiger partial charge < -0.3 is 10.4 Å². The summed E-state index contributed by atoms with van der Waals surface area (Å²) in [7, 11) is 0. The lowest BCUT2D eigenvalue weighted by atomic mass is 10.2. The smallest absolute Gasteiger partial charge is 0.254 e. The van der Waals surface area contributed by atoms with Crippen molar-refractivity contribution in [3.05, 3.63) is 34.6 Å². The van der Waals surface area contributed by atoms with E-state index in [0.717, 1.165) is 0 Å². The zero-order valence-electron chi connectivity index (χ0n) is 8.13. The number of amides is 1. The maximum Gasteiger partial charge on any atom is 0.254 e. The Morgan fingerprint density at radius 1 is 1.67 bits per heavy atom. The van der Waals surface area contributed by atoms with Crippen molar-refractivity contribution in [2.75, 3.05) is 6.54 Å². The van der Waals surface area contributed by atoms with Crippen LogP contribution in [0.5, 0.6) is 0 Å². The van der Waals surface area contributed by atoms with Crippen LogP contribution in [0.15, 0.2) is 18.2 Å². The van der Waals surface area contributed by atoms with Crippen LogP contribution in [0.25, 0.3) is 0 Å². The van der Waals surface area contributed by atoms with Crippen molar-refractivity contribution in [3.63, 3.8) is 0 Å². The lowest BCUT2D eigenvalue weighted by Crippen LogP contribution is -2.31. The van der Waals surface area contributed by atoms with Gasteiger partial charge in [-0.05, 0) is 19.1 Å². The topological polar surface area (TPSA) is 49.3 Å². The molecule has 0 spiro atoms. The molecule has 1 amide bonds. The van der Waals surface area contributed by atoms with Crippen molar-refractivity contribution in [2.24, 2.45) is 0 Å². The first-order valence-electron chi connectivity index (χ1n) is 4.42. The molecule has 0 bridgehead atoms. The molecule has 0 saturated carbocycles. The molecule has 15 heavy (non-hydrogen) atoms. The molecular weight excluding hydrogens is 221 g/mol. The van der Waals surface area contributed by atoms with Crippen molar-refractivity contribution in [3.8, 4) is 0 Å². The van der Waals surface area contributed by atoms with Crippen molar-refractivity contribution < 1.29 is 14.3 Å². The van der Waals surface area contributed by atoms with E-state index in [9.17, 15) is 9.18 Å². The van der Waals surface area contributed by atoms with E-state index in [2.05, 4.69) is 5.32 Å². The van der Waals surface area contributed by atoms with Crippen LogP contribution in [0.2, 0.25) is 5.02 Å². The molecule has 0 aromatic heterocycles. The van der Waals surface area contributed by atoms with E-state index >= 15 is 0 Å². The highest BCUT2D eigenvalue weighted by Gasteiger charge is 2.13. The van der Waals surface area contributed by atoms with E-state index in [1.807, 2.05) is 0 Å². The first-order valence-corrected chi connectivity index (χ1v) is 4.80. The Balaban J connectivity index is 2.78. The normalized spacial score (nSPS) is 12.3. The average molecular weight is 232 g/mol. The highest BCUT2D eigenvalue weighted by atomic mass is 35.5. The molecule has 0 fully saturated rings. The predicted molar refractivity (Wildman–Crippen MR) is 55.4 cm³/mol. The van der Waals surface area contributed by atoms with Gasteiger partial charge >= 0.3 is 0 Å². The Labute approximate surface area is 91.9 Å². The number of halogens is 2. The molecule has 0 aliphatic rings. The first-order chi connectivity index (χ1) is 7.02. The van der Waals surface area contributed by atoms with Crippen molar-refractivity contribution >= 4 is 17.5 Å². The fraction of sp³-hybridized carbons (Fsp3) is 0.300. The van der Waals surface area contributed by atoms with E-state index < -0.39 is 17.8 Å². The van der Waals surface area contributed by atoms with Gasteiger partial charge in [-0.25, -0.2) is 4.39 Å². The molecule has 0 heterocycles. The molecule has 2 N–H and O–H groups in total. The number of nitrogens with one attached hydrogen (secondary N) is 1. The zero-order valence-corrected chi connectivity index (χ0v) is 8.88. The molecule has 1 rings (SSSR count). The average Bonchev–Trinajstić information content (AvgIpc) is 2.18. The molecule has 0 aliphatic carbocycles. The Hall–Kier alpha value is -1.13. The Morgan fingerprint density at radius 3 is 2.93 bits per heavy atom. The zero-order chi connectivity index (χ0) is 11.4. The molecule has 0 unspecified atom stereocenters. The minimum Gasteiger partial charge on any atom is -0.392 e. The van der Waals surface area contributed by atoms with E-state index in [1.165, 1.54) is 25.1 Å². The summed E-state index contributed by atoms with van der Waals surface area (Å²) in [6.45, 7) is 1.60. The minimum absolute atomic E-state index is 0.0742. The fourth-order valence-electron chi connectivity index (χ4n) is 1.01. The van der Waals surface area contributed by atoms with Crippen LogP contribution in [-0.2, 0) is 0 Å². The SMILES string of the molecule is C[C@@H](O)CNC(=O)c1cccc(Cl)c1F. The molecule has 3 nitrogen and oxygen atoms in total. The number of hydrogen-bond donors (Lipinski definition) is 2. The highest BCUT2D eigenvalue weighted by molar-refractivity contribution is 6.31. The maximum atomic E-state index is 13.3. The van der Waals surface area contributed by atoms with Gasteiger partial charge in [0.2, 0.25) is 0 Å². The van der Waals surface area contributed by atoms with Crippen molar-refractivity contribution in [2.45, 2.75) is 13.0 Å².